The minimum Gasteiger partial charge on any atom is -0.171 e. The lowest BCUT2D eigenvalue weighted by molar-refractivity contribution is -0.183. The number of halogens is 3. The summed E-state index contributed by atoms with van der Waals surface area (Å²) in [6, 6.07) is 0. The van der Waals surface area contributed by atoms with Crippen LogP contribution in [0.4, 0.5) is 13.2 Å². The largest absolute Gasteiger partial charge is 0.391 e. The first-order valence-electron chi connectivity index (χ1n) is 11.3. The van der Waals surface area contributed by atoms with E-state index in [0.29, 0.717) is 18.8 Å². The van der Waals surface area contributed by atoms with Crippen LogP contribution in [0, 0.1) is 29.6 Å². The summed E-state index contributed by atoms with van der Waals surface area (Å²) in [6.07, 6.45) is 15.7. The summed E-state index contributed by atoms with van der Waals surface area (Å²) < 4.78 is 38.6. The van der Waals surface area contributed by atoms with E-state index in [-0.39, 0.29) is 0 Å². The minimum absolute atomic E-state index is 0.338. The minimum atomic E-state index is -3.98. The molecule has 0 nitrogen and oxygen atoms in total. The molecule has 0 saturated heterocycles. The van der Waals surface area contributed by atoms with Crippen LogP contribution in [0.15, 0.2) is 24.3 Å². The number of allylic oxidation sites excluding steroid dienone is 3. The predicted molar refractivity (Wildman–Crippen MR) is 106 cm³/mol. The molecule has 0 aliphatic heterocycles. The SMILES string of the molecule is C=CCCCC1CCC(C2CC=C(C3CCC(C(F)(F)F)CC3)CC2)CC1. The molecule has 0 radical (unpaired) electrons. The fourth-order valence-electron chi connectivity index (χ4n) is 5.96. The van der Waals surface area contributed by atoms with E-state index in [0.717, 1.165) is 43.4 Å². The quantitative estimate of drug-likeness (QED) is 0.320. The summed E-state index contributed by atoms with van der Waals surface area (Å²) in [6.45, 7) is 3.82. The topological polar surface area (TPSA) is 0 Å². The van der Waals surface area contributed by atoms with Gasteiger partial charge in [-0.05, 0) is 94.3 Å². The monoisotopic (exact) mass is 382 g/mol. The summed E-state index contributed by atoms with van der Waals surface area (Å²) in [4.78, 5) is 0. The highest BCUT2D eigenvalue weighted by Crippen LogP contribution is 2.46. The third-order valence-corrected chi connectivity index (χ3v) is 7.78. The van der Waals surface area contributed by atoms with E-state index in [2.05, 4.69) is 12.7 Å². The highest BCUT2D eigenvalue weighted by Gasteiger charge is 2.42. The van der Waals surface area contributed by atoms with E-state index in [1.165, 1.54) is 56.9 Å². The maximum absolute atomic E-state index is 12.9. The van der Waals surface area contributed by atoms with E-state index in [1.807, 2.05) is 6.08 Å². The van der Waals surface area contributed by atoms with Gasteiger partial charge in [0.1, 0.15) is 0 Å². The molecule has 27 heavy (non-hydrogen) atoms. The standard InChI is InChI=1S/C24H37F3/c1-2-3-4-5-18-6-8-19(9-7-18)20-10-12-21(13-11-20)22-14-16-23(17-15-22)24(25,26)27/h2,12,18-20,22-23H,1,3-11,13-17H2. The van der Waals surface area contributed by atoms with Gasteiger partial charge < -0.3 is 0 Å². The molecule has 3 heteroatoms. The Balaban J connectivity index is 1.40. The molecule has 3 aliphatic carbocycles. The van der Waals surface area contributed by atoms with Gasteiger partial charge in [-0.2, -0.15) is 13.2 Å². The zero-order valence-corrected chi connectivity index (χ0v) is 16.8. The Morgan fingerprint density at radius 3 is 2.19 bits per heavy atom. The molecular formula is C24H37F3. The molecular weight excluding hydrogens is 345 g/mol. The van der Waals surface area contributed by atoms with Crippen LogP contribution in [-0.2, 0) is 0 Å². The first kappa shape index (κ1) is 21.0. The fourth-order valence-corrected chi connectivity index (χ4v) is 5.96. The average molecular weight is 383 g/mol. The molecule has 0 N–H and O–H groups in total. The van der Waals surface area contributed by atoms with Crippen molar-refractivity contribution in [3.8, 4) is 0 Å². The van der Waals surface area contributed by atoms with Crippen molar-refractivity contribution >= 4 is 0 Å². The molecule has 1 unspecified atom stereocenters. The van der Waals surface area contributed by atoms with Crippen LogP contribution >= 0.6 is 0 Å². The van der Waals surface area contributed by atoms with Crippen molar-refractivity contribution in [2.24, 2.45) is 29.6 Å². The third kappa shape index (κ3) is 5.87. The Morgan fingerprint density at radius 2 is 1.63 bits per heavy atom. The molecule has 0 aromatic carbocycles. The first-order chi connectivity index (χ1) is 13.0. The molecule has 3 rings (SSSR count). The van der Waals surface area contributed by atoms with E-state index < -0.39 is 12.1 Å². The molecule has 0 bridgehead atoms. The second kappa shape index (κ2) is 9.65. The third-order valence-electron chi connectivity index (χ3n) is 7.78. The Bertz CT molecular complexity index is 488. The highest BCUT2D eigenvalue weighted by atomic mass is 19.4. The molecule has 3 aliphatic rings. The van der Waals surface area contributed by atoms with E-state index in [9.17, 15) is 13.2 Å². The van der Waals surface area contributed by atoms with E-state index in [4.69, 9.17) is 0 Å². The van der Waals surface area contributed by atoms with Crippen LogP contribution < -0.4 is 0 Å². The van der Waals surface area contributed by atoms with Crippen LogP contribution in [0.3, 0.4) is 0 Å². The molecule has 1 atom stereocenters. The molecule has 0 amide bonds. The van der Waals surface area contributed by atoms with Crippen LogP contribution in [0.1, 0.15) is 89.9 Å². The summed E-state index contributed by atoms with van der Waals surface area (Å²) >= 11 is 0. The Morgan fingerprint density at radius 1 is 0.926 bits per heavy atom. The van der Waals surface area contributed by atoms with Gasteiger partial charge in [0.15, 0.2) is 0 Å². The molecule has 0 heterocycles. The molecule has 2 fully saturated rings. The average Bonchev–Trinajstić information content (AvgIpc) is 2.68. The van der Waals surface area contributed by atoms with Crippen LogP contribution in [-0.4, -0.2) is 6.18 Å². The maximum Gasteiger partial charge on any atom is 0.391 e. The van der Waals surface area contributed by atoms with Crippen LogP contribution in [0.2, 0.25) is 0 Å². The van der Waals surface area contributed by atoms with Crippen molar-refractivity contribution in [2.45, 2.75) is 96.1 Å². The van der Waals surface area contributed by atoms with Gasteiger partial charge in [-0.3, -0.25) is 0 Å². The molecule has 154 valence electrons. The van der Waals surface area contributed by atoms with E-state index in [1.54, 1.807) is 0 Å². The summed E-state index contributed by atoms with van der Waals surface area (Å²) in [5, 5.41) is 0. The second-order valence-corrected chi connectivity index (χ2v) is 9.40. The zero-order valence-electron chi connectivity index (χ0n) is 16.8. The van der Waals surface area contributed by atoms with Crippen molar-refractivity contribution in [3.63, 3.8) is 0 Å². The second-order valence-electron chi connectivity index (χ2n) is 9.40. The predicted octanol–water partition coefficient (Wildman–Crippen LogP) is 8.24. The lowest BCUT2D eigenvalue weighted by atomic mass is 9.68. The number of rotatable bonds is 6. The van der Waals surface area contributed by atoms with Gasteiger partial charge in [0.2, 0.25) is 0 Å². The molecule has 2 saturated carbocycles. The van der Waals surface area contributed by atoms with Crippen molar-refractivity contribution in [1.82, 2.24) is 0 Å². The Labute approximate surface area is 163 Å². The Hall–Kier alpha value is -0.730. The maximum atomic E-state index is 12.9. The van der Waals surface area contributed by atoms with Crippen molar-refractivity contribution in [1.29, 1.82) is 0 Å². The molecule has 0 aromatic rings. The van der Waals surface area contributed by atoms with E-state index >= 15 is 0 Å². The van der Waals surface area contributed by atoms with Gasteiger partial charge in [0.05, 0.1) is 5.92 Å². The number of hydrogen-bond donors (Lipinski definition) is 0. The van der Waals surface area contributed by atoms with Gasteiger partial charge >= 0.3 is 6.18 Å². The zero-order chi connectivity index (χ0) is 19.3. The van der Waals surface area contributed by atoms with Crippen molar-refractivity contribution in [2.75, 3.05) is 0 Å². The van der Waals surface area contributed by atoms with Gasteiger partial charge in [-0.1, -0.05) is 37.0 Å². The van der Waals surface area contributed by atoms with Gasteiger partial charge in [0, 0.05) is 0 Å². The summed E-state index contributed by atoms with van der Waals surface area (Å²) in [5.74, 6) is 2.03. The first-order valence-corrected chi connectivity index (χ1v) is 11.3. The lowest BCUT2D eigenvalue weighted by Crippen LogP contribution is -2.29. The fraction of sp³-hybridized carbons (Fsp3) is 0.833. The van der Waals surface area contributed by atoms with Gasteiger partial charge in [0.25, 0.3) is 0 Å². The smallest absolute Gasteiger partial charge is 0.171 e. The van der Waals surface area contributed by atoms with Gasteiger partial charge in [-0.15, -0.1) is 6.58 Å². The lowest BCUT2D eigenvalue weighted by Gasteiger charge is -2.37. The molecule has 0 spiro atoms. The Kier molecular flexibility index (Phi) is 7.50. The van der Waals surface area contributed by atoms with Crippen molar-refractivity contribution < 1.29 is 13.2 Å². The van der Waals surface area contributed by atoms with Crippen LogP contribution in [0.5, 0.6) is 0 Å². The van der Waals surface area contributed by atoms with Gasteiger partial charge in [-0.25, -0.2) is 0 Å². The summed E-state index contributed by atoms with van der Waals surface area (Å²) in [5.41, 5.74) is 1.49. The summed E-state index contributed by atoms with van der Waals surface area (Å²) in [7, 11) is 0. The number of alkyl halides is 3. The normalized spacial score (nSPS) is 35.5. The van der Waals surface area contributed by atoms with Crippen LogP contribution in [0.25, 0.3) is 0 Å². The molecule has 0 aromatic heterocycles. The van der Waals surface area contributed by atoms with Crippen molar-refractivity contribution in [3.05, 3.63) is 24.3 Å². The number of hydrogen-bond acceptors (Lipinski definition) is 0. The highest BCUT2D eigenvalue weighted by molar-refractivity contribution is 5.12. The number of unbranched alkanes of at least 4 members (excludes halogenated alkanes) is 1.